The van der Waals surface area contributed by atoms with Gasteiger partial charge in [0, 0.05) is 0 Å². The number of nitrogens with two attached hydrogens (primary N) is 1. The standard InChI is InChI=1S/C15H25N3O2/c1-12(2)20-14-9-13(17-11-18-14)19-10-15(16)7-5-3-4-6-8-15/h9,11-12H,3-8,10,16H2,1-2H3. The summed E-state index contributed by atoms with van der Waals surface area (Å²) in [5.41, 5.74) is 6.20. The number of hydrogen-bond acceptors (Lipinski definition) is 5. The van der Waals surface area contributed by atoms with Gasteiger partial charge in [0.1, 0.15) is 12.9 Å². The fourth-order valence-corrected chi connectivity index (χ4v) is 2.50. The van der Waals surface area contributed by atoms with Crippen LogP contribution >= 0.6 is 0 Å². The summed E-state index contributed by atoms with van der Waals surface area (Å²) >= 11 is 0. The maximum absolute atomic E-state index is 6.43. The van der Waals surface area contributed by atoms with Crippen molar-refractivity contribution in [3.63, 3.8) is 0 Å². The Bertz CT molecular complexity index is 415. The smallest absolute Gasteiger partial charge is 0.220 e. The lowest BCUT2D eigenvalue weighted by molar-refractivity contribution is 0.189. The van der Waals surface area contributed by atoms with Crippen molar-refractivity contribution in [2.75, 3.05) is 6.61 Å². The number of ether oxygens (including phenoxy) is 2. The lowest BCUT2D eigenvalue weighted by Crippen LogP contribution is -2.45. The zero-order valence-corrected chi connectivity index (χ0v) is 12.5. The molecular weight excluding hydrogens is 254 g/mol. The summed E-state index contributed by atoms with van der Waals surface area (Å²) in [4.78, 5) is 8.18. The van der Waals surface area contributed by atoms with Crippen molar-refractivity contribution in [1.29, 1.82) is 0 Å². The molecule has 0 spiro atoms. The van der Waals surface area contributed by atoms with E-state index >= 15 is 0 Å². The minimum absolute atomic E-state index is 0.0838. The molecule has 1 aliphatic rings. The fraction of sp³-hybridized carbons (Fsp3) is 0.733. The molecule has 0 aliphatic heterocycles. The Labute approximate surface area is 120 Å². The first-order valence-electron chi connectivity index (χ1n) is 7.48. The Morgan fingerprint density at radius 2 is 1.80 bits per heavy atom. The van der Waals surface area contributed by atoms with E-state index in [9.17, 15) is 0 Å². The van der Waals surface area contributed by atoms with Crippen LogP contribution in [-0.4, -0.2) is 28.2 Å². The molecule has 0 unspecified atom stereocenters. The second-order valence-electron chi connectivity index (χ2n) is 5.93. The van der Waals surface area contributed by atoms with Crippen molar-refractivity contribution in [1.82, 2.24) is 9.97 Å². The molecule has 0 saturated heterocycles. The van der Waals surface area contributed by atoms with Crippen LogP contribution in [-0.2, 0) is 0 Å². The summed E-state index contributed by atoms with van der Waals surface area (Å²) in [5.74, 6) is 1.07. The van der Waals surface area contributed by atoms with E-state index in [0.29, 0.717) is 18.4 Å². The monoisotopic (exact) mass is 279 g/mol. The van der Waals surface area contributed by atoms with Crippen LogP contribution in [0.1, 0.15) is 52.4 Å². The van der Waals surface area contributed by atoms with Gasteiger partial charge in [-0.15, -0.1) is 0 Å². The van der Waals surface area contributed by atoms with Gasteiger partial charge < -0.3 is 15.2 Å². The van der Waals surface area contributed by atoms with Crippen LogP contribution < -0.4 is 15.2 Å². The van der Waals surface area contributed by atoms with Crippen LogP contribution in [0, 0.1) is 0 Å². The van der Waals surface area contributed by atoms with Crippen LogP contribution in [0.4, 0.5) is 0 Å². The average Bonchev–Trinajstić information content (AvgIpc) is 2.62. The van der Waals surface area contributed by atoms with Crippen LogP contribution in [0.25, 0.3) is 0 Å². The molecule has 0 radical (unpaired) electrons. The Kier molecular flexibility index (Phi) is 5.17. The molecule has 1 heterocycles. The molecule has 1 saturated carbocycles. The van der Waals surface area contributed by atoms with Crippen LogP contribution in [0.5, 0.6) is 11.8 Å². The second kappa shape index (κ2) is 6.88. The van der Waals surface area contributed by atoms with Crippen molar-refractivity contribution in [3.05, 3.63) is 12.4 Å². The molecule has 5 heteroatoms. The normalized spacial score (nSPS) is 18.6. The number of aromatic nitrogens is 2. The highest BCUT2D eigenvalue weighted by Crippen LogP contribution is 2.26. The van der Waals surface area contributed by atoms with Gasteiger partial charge in [0.25, 0.3) is 0 Å². The molecule has 0 bridgehead atoms. The highest BCUT2D eigenvalue weighted by atomic mass is 16.5. The Hall–Kier alpha value is -1.36. The predicted octanol–water partition coefficient (Wildman–Crippen LogP) is 2.69. The molecule has 1 aromatic heterocycles. The lowest BCUT2D eigenvalue weighted by atomic mass is 9.93. The molecule has 0 atom stereocenters. The van der Waals surface area contributed by atoms with Crippen molar-refractivity contribution < 1.29 is 9.47 Å². The Morgan fingerprint density at radius 1 is 1.15 bits per heavy atom. The van der Waals surface area contributed by atoms with Crippen molar-refractivity contribution >= 4 is 0 Å². The van der Waals surface area contributed by atoms with Gasteiger partial charge in [-0.25, -0.2) is 9.97 Å². The molecule has 2 N–H and O–H groups in total. The summed E-state index contributed by atoms with van der Waals surface area (Å²) < 4.78 is 11.3. The highest BCUT2D eigenvalue weighted by molar-refractivity contribution is 5.18. The molecule has 20 heavy (non-hydrogen) atoms. The predicted molar refractivity (Wildman–Crippen MR) is 77.9 cm³/mol. The second-order valence-corrected chi connectivity index (χ2v) is 5.93. The molecule has 2 rings (SSSR count). The van der Waals surface area contributed by atoms with Crippen LogP contribution in [0.15, 0.2) is 12.4 Å². The minimum atomic E-state index is -0.222. The first-order valence-corrected chi connectivity index (χ1v) is 7.48. The number of rotatable bonds is 5. The van der Waals surface area contributed by atoms with E-state index in [1.165, 1.54) is 32.0 Å². The molecule has 1 aromatic rings. The average molecular weight is 279 g/mol. The van der Waals surface area contributed by atoms with Gasteiger partial charge in [-0.1, -0.05) is 25.7 Å². The fourth-order valence-electron chi connectivity index (χ4n) is 2.50. The maximum atomic E-state index is 6.43. The summed E-state index contributed by atoms with van der Waals surface area (Å²) in [6.45, 7) is 4.43. The Balaban J connectivity index is 1.92. The molecule has 5 nitrogen and oxygen atoms in total. The number of hydrogen-bond donors (Lipinski definition) is 1. The van der Waals surface area contributed by atoms with E-state index in [0.717, 1.165) is 12.8 Å². The first-order chi connectivity index (χ1) is 9.57. The van der Waals surface area contributed by atoms with Gasteiger partial charge in [-0.05, 0) is 26.7 Å². The third kappa shape index (κ3) is 4.63. The largest absolute Gasteiger partial charge is 0.476 e. The zero-order valence-electron chi connectivity index (χ0n) is 12.5. The van der Waals surface area contributed by atoms with Gasteiger partial charge in [0.15, 0.2) is 0 Å². The summed E-state index contributed by atoms with van der Waals surface area (Å²) in [5, 5.41) is 0. The van der Waals surface area contributed by atoms with Gasteiger partial charge in [0.05, 0.1) is 17.7 Å². The minimum Gasteiger partial charge on any atom is -0.476 e. The third-order valence-corrected chi connectivity index (χ3v) is 3.58. The SMILES string of the molecule is CC(C)Oc1cc(OCC2(N)CCCCCC2)ncn1. The molecular formula is C15H25N3O2. The summed E-state index contributed by atoms with van der Waals surface area (Å²) in [6, 6.07) is 1.72. The quantitative estimate of drug-likeness (QED) is 0.839. The van der Waals surface area contributed by atoms with E-state index in [4.69, 9.17) is 15.2 Å². The first kappa shape index (κ1) is 15.0. The molecule has 0 aromatic carbocycles. The van der Waals surface area contributed by atoms with E-state index in [2.05, 4.69) is 9.97 Å². The summed E-state index contributed by atoms with van der Waals surface area (Å²) in [7, 11) is 0. The zero-order chi connectivity index (χ0) is 14.4. The molecule has 1 fully saturated rings. The van der Waals surface area contributed by atoms with Gasteiger partial charge in [-0.3, -0.25) is 0 Å². The molecule has 0 amide bonds. The lowest BCUT2D eigenvalue weighted by Gasteiger charge is -2.27. The van der Waals surface area contributed by atoms with Crippen molar-refractivity contribution in [3.8, 4) is 11.8 Å². The van der Waals surface area contributed by atoms with E-state index in [-0.39, 0.29) is 11.6 Å². The third-order valence-electron chi connectivity index (χ3n) is 3.58. The van der Waals surface area contributed by atoms with Crippen molar-refractivity contribution in [2.24, 2.45) is 5.73 Å². The Morgan fingerprint density at radius 3 is 2.45 bits per heavy atom. The molecule has 1 aliphatic carbocycles. The van der Waals surface area contributed by atoms with Gasteiger partial charge in [-0.2, -0.15) is 0 Å². The van der Waals surface area contributed by atoms with Crippen molar-refractivity contribution in [2.45, 2.75) is 64.0 Å². The van der Waals surface area contributed by atoms with Gasteiger partial charge >= 0.3 is 0 Å². The number of nitrogens with zero attached hydrogens (tertiary/aromatic N) is 2. The van der Waals surface area contributed by atoms with Crippen LogP contribution in [0.2, 0.25) is 0 Å². The van der Waals surface area contributed by atoms with E-state index in [1.807, 2.05) is 13.8 Å². The highest BCUT2D eigenvalue weighted by Gasteiger charge is 2.27. The van der Waals surface area contributed by atoms with Gasteiger partial charge in [0.2, 0.25) is 11.8 Å². The maximum Gasteiger partial charge on any atom is 0.220 e. The summed E-state index contributed by atoms with van der Waals surface area (Å²) in [6.07, 6.45) is 8.51. The van der Waals surface area contributed by atoms with E-state index in [1.54, 1.807) is 6.07 Å². The van der Waals surface area contributed by atoms with Crippen LogP contribution in [0.3, 0.4) is 0 Å². The molecule has 112 valence electrons. The topological polar surface area (TPSA) is 70.3 Å². The van der Waals surface area contributed by atoms with E-state index < -0.39 is 0 Å².